The molecule has 1 aliphatic heterocycles. The van der Waals surface area contributed by atoms with Gasteiger partial charge in [-0.25, -0.2) is 0 Å². The lowest BCUT2D eigenvalue weighted by Gasteiger charge is -2.21. The third kappa shape index (κ3) is 2.70. The Labute approximate surface area is 106 Å². The zero-order valence-corrected chi connectivity index (χ0v) is 10.4. The van der Waals surface area contributed by atoms with Crippen LogP contribution < -0.4 is 0 Å². The fourth-order valence-corrected chi connectivity index (χ4v) is 2.33. The zero-order valence-electron chi connectivity index (χ0n) is 10.4. The number of likely N-dealkylation sites (tertiary alicyclic amines) is 1. The first-order valence-corrected chi connectivity index (χ1v) is 6.13. The number of rotatable bonds is 4. The first kappa shape index (κ1) is 12.6. The Kier molecular flexibility index (Phi) is 3.65. The van der Waals surface area contributed by atoms with Gasteiger partial charge in [0.05, 0.1) is 5.92 Å². The second kappa shape index (κ2) is 5.21. The zero-order chi connectivity index (χ0) is 13.1. The largest absolute Gasteiger partial charge is 0.481 e. The van der Waals surface area contributed by atoms with Crippen molar-refractivity contribution < 1.29 is 14.7 Å². The lowest BCUT2D eigenvalue weighted by Crippen LogP contribution is -2.30. The van der Waals surface area contributed by atoms with E-state index in [1.54, 1.807) is 4.90 Å². The Morgan fingerprint density at radius 1 is 1.44 bits per heavy atom. The van der Waals surface area contributed by atoms with Gasteiger partial charge in [-0.2, -0.15) is 0 Å². The van der Waals surface area contributed by atoms with Crippen molar-refractivity contribution in [1.82, 2.24) is 4.90 Å². The second-order valence-electron chi connectivity index (χ2n) is 4.85. The molecule has 0 aromatic heterocycles. The number of carbonyl (C=O) groups excluding carboxylic acids is 1. The van der Waals surface area contributed by atoms with Crippen LogP contribution in [0.4, 0.5) is 0 Å². The van der Waals surface area contributed by atoms with Crippen LogP contribution in [0.1, 0.15) is 24.8 Å². The molecule has 2 rings (SSSR count). The van der Waals surface area contributed by atoms with Crippen LogP contribution in [0, 0.1) is 5.92 Å². The minimum absolute atomic E-state index is 0.0508. The minimum atomic E-state index is -0.877. The van der Waals surface area contributed by atoms with E-state index in [1.807, 2.05) is 30.3 Å². The first-order valence-electron chi connectivity index (χ1n) is 6.13. The summed E-state index contributed by atoms with van der Waals surface area (Å²) < 4.78 is 0. The lowest BCUT2D eigenvalue weighted by molar-refractivity contribution is -0.141. The van der Waals surface area contributed by atoms with Crippen molar-refractivity contribution >= 4 is 11.9 Å². The molecule has 1 fully saturated rings. The minimum Gasteiger partial charge on any atom is -0.481 e. The highest BCUT2D eigenvalue weighted by atomic mass is 16.4. The van der Waals surface area contributed by atoms with Gasteiger partial charge < -0.3 is 10.0 Å². The summed E-state index contributed by atoms with van der Waals surface area (Å²) in [6, 6.07) is 9.95. The maximum Gasteiger partial charge on any atom is 0.308 e. The van der Waals surface area contributed by atoms with Crippen molar-refractivity contribution in [2.45, 2.75) is 19.3 Å². The van der Waals surface area contributed by atoms with Gasteiger partial charge in [-0.3, -0.25) is 9.59 Å². The van der Waals surface area contributed by atoms with Crippen molar-refractivity contribution in [2.75, 3.05) is 13.1 Å². The predicted octanol–water partition coefficient (Wildman–Crippen LogP) is 1.72. The van der Waals surface area contributed by atoms with Crippen LogP contribution >= 0.6 is 0 Å². The number of nitrogens with zero attached hydrogens (tertiary/aromatic N) is 1. The number of hydrogen-bond acceptors (Lipinski definition) is 2. The van der Waals surface area contributed by atoms with Gasteiger partial charge in [-0.15, -0.1) is 0 Å². The molecule has 1 heterocycles. The summed E-state index contributed by atoms with van der Waals surface area (Å²) in [5.74, 6) is -1.24. The number of carbonyl (C=O) groups is 2. The molecular formula is C14H17NO3. The third-order valence-electron chi connectivity index (χ3n) is 3.43. The summed E-state index contributed by atoms with van der Waals surface area (Å²) in [7, 11) is 0. The average Bonchev–Trinajstić information content (AvgIpc) is 2.72. The summed E-state index contributed by atoms with van der Waals surface area (Å²) in [4.78, 5) is 24.3. The third-order valence-corrected chi connectivity index (χ3v) is 3.43. The van der Waals surface area contributed by atoms with E-state index in [0.29, 0.717) is 13.1 Å². The van der Waals surface area contributed by atoms with E-state index in [0.717, 1.165) is 0 Å². The Balaban J connectivity index is 1.98. The van der Waals surface area contributed by atoms with Gasteiger partial charge in [0.2, 0.25) is 5.91 Å². The van der Waals surface area contributed by atoms with E-state index < -0.39 is 11.9 Å². The molecule has 1 aromatic carbocycles. The molecule has 4 nitrogen and oxygen atoms in total. The summed E-state index contributed by atoms with van der Waals surface area (Å²) in [5.41, 5.74) is 1.17. The van der Waals surface area contributed by atoms with Gasteiger partial charge in [-0.05, 0) is 11.5 Å². The molecule has 0 aliphatic carbocycles. The molecule has 0 spiro atoms. The fraction of sp³-hybridized carbons (Fsp3) is 0.429. The van der Waals surface area contributed by atoms with Crippen molar-refractivity contribution in [3.63, 3.8) is 0 Å². The summed E-state index contributed by atoms with van der Waals surface area (Å²) >= 11 is 0. The molecule has 1 aromatic rings. The van der Waals surface area contributed by atoms with Crippen LogP contribution in [0.5, 0.6) is 0 Å². The molecule has 0 unspecified atom stereocenters. The van der Waals surface area contributed by atoms with Crippen molar-refractivity contribution in [2.24, 2.45) is 5.92 Å². The van der Waals surface area contributed by atoms with Crippen molar-refractivity contribution in [3.8, 4) is 0 Å². The van der Waals surface area contributed by atoms with Gasteiger partial charge in [0.15, 0.2) is 0 Å². The summed E-state index contributed by atoms with van der Waals surface area (Å²) in [6.45, 7) is 2.98. The quantitative estimate of drug-likeness (QED) is 0.881. The maximum absolute atomic E-state index is 11.7. The molecule has 1 N–H and O–H groups in total. The van der Waals surface area contributed by atoms with Crippen LogP contribution in [-0.4, -0.2) is 35.0 Å². The van der Waals surface area contributed by atoms with E-state index >= 15 is 0 Å². The Morgan fingerprint density at radius 3 is 2.67 bits per heavy atom. The highest BCUT2D eigenvalue weighted by molar-refractivity contribution is 5.86. The van der Waals surface area contributed by atoms with E-state index in [1.165, 1.54) is 5.56 Å². The molecule has 0 saturated carbocycles. The van der Waals surface area contributed by atoms with Gasteiger partial charge in [0.1, 0.15) is 0 Å². The second-order valence-corrected chi connectivity index (χ2v) is 4.85. The van der Waals surface area contributed by atoms with E-state index in [9.17, 15) is 9.59 Å². The predicted molar refractivity (Wildman–Crippen MR) is 67.2 cm³/mol. The molecule has 2 atom stereocenters. The molecule has 1 amide bonds. The smallest absolute Gasteiger partial charge is 0.308 e. The molecule has 96 valence electrons. The number of carboxylic acids is 1. The molecule has 4 heteroatoms. The van der Waals surface area contributed by atoms with E-state index in [4.69, 9.17) is 5.11 Å². The standard InChI is InChI=1S/C14H17NO3/c1-10(11-5-3-2-4-6-11)8-15-9-12(14(17)18)7-13(15)16/h2-6,10,12H,7-9H2,1H3,(H,17,18)/t10-,12+/m0/s1. The molecule has 0 bridgehead atoms. The van der Waals surface area contributed by atoms with Gasteiger partial charge in [0.25, 0.3) is 0 Å². The molecule has 18 heavy (non-hydrogen) atoms. The van der Waals surface area contributed by atoms with Crippen LogP contribution in [0.2, 0.25) is 0 Å². The van der Waals surface area contributed by atoms with Crippen molar-refractivity contribution in [3.05, 3.63) is 35.9 Å². The highest BCUT2D eigenvalue weighted by Gasteiger charge is 2.34. The number of benzene rings is 1. The average molecular weight is 247 g/mol. The number of amides is 1. The fourth-order valence-electron chi connectivity index (χ4n) is 2.33. The Morgan fingerprint density at radius 2 is 2.11 bits per heavy atom. The normalized spacial score (nSPS) is 21.1. The van der Waals surface area contributed by atoms with Crippen LogP contribution in [0.25, 0.3) is 0 Å². The number of hydrogen-bond donors (Lipinski definition) is 1. The lowest BCUT2D eigenvalue weighted by atomic mass is 10.0. The summed E-state index contributed by atoms with van der Waals surface area (Å²) in [6.07, 6.45) is 0.136. The van der Waals surface area contributed by atoms with E-state index in [2.05, 4.69) is 6.92 Å². The first-order chi connectivity index (χ1) is 8.58. The SMILES string of the molecule is C[C@@H](CN1C[C@H](C(=O)O)CC1=O)c1ccccc1. The monoisotopic (exact) mass is 247 g/mol. The molecular weight excluding hydrogens is 230 g/mol. The van der Waals surface area contributed by atoms with Crippen molar-refractivity contribution in [1.29, 1.82) is 0 Å². The Hall–Kier alpha value is -1.84. The maximum atomic E-state index is 11.7. The van der Waals surface area contributed by atoms with Crippen LogP contribution in [0.3, 0.4) is 0 Å². The number of carboxylic acid groups (broad SMARTS) is 1. The Bertz CT molecular complexity index is 444. The number of aliphatic carboxylic acids is 1. The molecule has 1 aliphatic rings. The molecule has 1 saturated heterocycles. The van der Waals surface area contributed by atoms with Gasteiger partial charge in [0, 0.05) is 19.5 Å². The highest BCUT2D eigenvalue weighted by Crippen LogP contribution is 2.22. The topological polar surface area (TPSA) is 57.6 Å². The van der Waals surface area contributed by atoms with Crippen LogP contribution in [0.15, 0.2) is 30.3 Å². The summed E-state index contributed by atoms with van der Waals surface area (Å²) in [5, 5.41) is 8.92. The van der Waals surface area contributed by atoms with E-state index in [-0.39, 0.29) is 18.2 Å². The van der Waals surface area contributed by atoms with Crippen LogP contribution in [-0.2, 0) is 9.59 Å². The van der Waals surface area contributed by atoms with Gasteiger partial charge >= 0.3 is 5.97 Å². The molecule has 0 radical (unpaired) electrons. The van der Waals surface area contributed by atoms with Gasteiger partial charge in [-0.1, -0.05) is 37.3 Å².